The molecule has 106 valence electrons. The van der Waals surface area contributed by atoms with E-state index in [-0.39, 0.29) is 0 Å². The summed E-state index contributed by atoms with van der Waals surface area (Å²) < 4.78 is 23.1. The van der Waals surface area contributed by atoms with Crippen LogP contribution in [0, 0.1) is 0 Å². The maximum atomic E-state index is 11.4. The quantitative estimate of drug-likeness (QED) is 0.907. The number of benzene rings is 1. The first-order chi connectivity index (χ1) is 8.95. The average molecular weight is 299 g/mol. The third-order valence-corrected chi connectivity index (χ3v) is 6.39. The Morgan fingerprint density at radius 1 is 1.21 bits per heavy atom. The monoisotopic (exact) mass is 299 g/mol. The highest BCUT2D eigenvalue weighted by atomic mass is 32.2. The fourth-order valence-electron chi connectivity index (χ4n) is 2.56. The van der Waals surface area contributed by atoms with Gasteiger partial charge in [0.2, 0.25) is 0 Å². The van der Waals surface area contributed by atoms with Crippen LogP contribution in [0.15, 0.2) is 29.2 Å². The van der Waals surface area contributed by atoms with Gasteiger partial charge in [-0.3, -0.25) is 0 Å². The molecule has 0 spiro atoms. The minimum absolute atomic E-state index is 0.357. The van der Waals surface area contributed by atoms with Gasteiger partial charge in [0.25, 0.3) is 0 Å². The standard InChI is InChI=1S/C14H21NO2S2/c1-18-14(9-3-4-10-14)11-15-12-5-7-13(8-6-12)19(2,16)17/h5-8,15H,3-4,9-11H2,1-2H3. The fraction of sp³-hybridized carbons (Fsp3) is 0.571. The molecule has 1 N–H and O–H groups in total. The maximum absolute atomic E-state index is 11.4. The summed E-state index contributed by atoms with van der Waals surface area (Å²) in [6.07, 6.45) is 8.58. The van der Waals surface area contributed by atoms with Gasteiger partial charge in [-0.2, -0.15) is 11.8 Å². The van der Waals surface area contributed by atoms with Gasteiger partial charge in [-0.05, 0) is 43.4 Å². The molecule has 0 atom stereocenters. The van der Waals surface area contributed by atoms with Gasteiger partial charge in [0, 0.05) is 23.2 Å². The van der Waals surface area contributed by atoms with Crippen LogP contribution < -0.4 is 5.32 Å². The molecule has 0 aliphatic heterocycles. The summed E-state index contributed by atoms with van der Waals surface area (Å²) in [7, 11) is -3.10. The van der Waals surface area contributed by atoms with Crippen LogP contribution in [0.2, 0.25) is 0 Å². The van der Waals surface area contributed by atoms with E-state index in [1.807, 2.05) is 23.9 Å². The number of nitrogens with one attached hydrogen (secondary N) is 1. The molecule has 0 saturated heterocycles. The number of thioether (sulfide) groups is 1. The first kappa shape index (κ1) is 14.7. The van der Waals surface area contributed by atoms with Crippen molar-refractivity contribution in [1.29, 1.82) is 0 Å². The summed E-state index contributed by atoms with van der Waals surface area (Å²) in [6.45, 7) is 0.951. The summed E-state index contributed by atoms with van der Waals surface area (Å²) in [5.41, 5.74) is 0.993. The van der Waals surface area contributed by atoms with Crippen LogP contribution in [0.5, 0.6) is 0 Å². The highest BCUT2D eigenvalue weighted by molar-refractivity contribution is 8.00. The molecule has 3 nitrogen and oxygen atoms in total. The highest BCUT2D eigenvalue weighted by Gasteiger charge is 2.32. The predicted octanol–water partition coefficient (Wildman–Crippen LogP) is 3.18. The molecule has 1 aromatic carbocycles. The van der Waals surface area contributed by atoms with Crippen molar-refractivity contribution >= 4 is 27.3 Å². The molecular formula is C14H21NO2S2. The van der Waals surface area contributed by atoms with Crippen LogP contribution in [-0.4, -0.2) is 32.2 Å². The average Bonchev–Trinajstić information content (AvgIpc) is 2.85. The van der Waals surface area contributed by atoms with Gasteiger partial charge in [-0.25, -0.2) is 8.42 Å². The van der Waals surface area contributed by atoms with Gasteiger partial charge < -0.3 is 5.32 Å². The molecule has 1 aliphatic carbocycles. The Kier molecular flexibility index (Phi) is 4.46. The first-order valence-corrected chi connectivity index (χ1v) is 9.66. The van der Waals surface area contributed by atoms with Crippen molar-refractivity contribution in [2.24, 2.45) is 0 Å². The minimum atomic E-state index is -3.10. The van der Waals surface area contributed by atoms with Crippen LogP contribution in [0.1, 0.15) is 25.7 Å². The summed E-state index contributed by atoms with van der Waals surface area (Å²) in [5.74, 6) is 0. The van der Waals surface area contributed by atoms with Crippen LogP contribution in [-0.2, 0) is 9.84 Å². The molecule has 19 heavy (non-hydrogen) atoms. The van der Waals surface area contributed by atoms with Crippen molar-refractivity contribution in [2.45, 2.75) is 35.3 Å². The summed E-state index contributed by atoms with van der Waals surface area (Å²) in [4.78, 5) is 0.374. The Hall–Kier alpha value is -0.680. The molecule has 0 radical (unpaired) electrons. The van der Waals surface area contributed by atoms with E-state index in [1.54, 1.807) is 12.1 Å². The Labute approximate surface area is 120 Å². The van der Waals surface area contributed by atoms with Crippen molar-refractivity contribution in [3.05, 3.63) is 24.3 Å². The molecule has 1 fully saturated rings. The van der Waals surface area contributed by atoms with Crippen LogP contribution in [0.25, 0.3) is 0 Å². The fourth-order valence-corrected chi connectivity index (χ4v) is 4.10. The highest BCUT2D eigenvalue weighted by Crippen LogP contribution is 2.40. The lowest BCUT2D eigenvalue weighted by Gasteiger charge is -2.27. The smallest absolute Gasteiger partial charge is 0.175 e. The number of anilines is 1. The molecule has 1 aliphatic rings. The lowest BCUT2D eigenvalue weighted by Crippen LogP contribution is -2.29. The second kappa shape index (κ2) is 5.75. The van der Waals surface area contributed by atoms with Crippen molar-refractivity contribution in [3.8, 4) is 0 Å². The molecule has 0 unspecified atom stereocenters. The zero-order chi connectivity index (χ0) is 13.9. The number of hydrogen-bond donors (Lipinski definition) is 1. The van der Waals surface area contributed by atoms with E-state index < -0.39 is 9.84 Å². The number of sulfone groups is 1. The van der Waals surface area contributed by atoms with E-state index in [9.17, 15) is 8.42 Å². The Balaban J connectivity index is 2.00. The van der Waals surface area contributed by atoms with Crippen molar-refractivity contribution in [3.63, 3.8) is 0 Å². The van der Waals surface area contributed by atoms with E-state index in [0.717, 1.165) is 12.2 Å². The van der Waals surface area contributed by atoms with Gasteiger partial charge >= 0.3 is 0 Å². The lowest BCUT2D eigenvalue weighted by atomic mass is 10.1. The molecule has 0 bridgehead atoms. The first-order valence-electron chi connectivity index (χ1n) is 6.54. The van der Waals surface area contributed by atoms with Gasteiger partial charge in [0.15, 0.2) is 9.84 Å². The van der Waals surface area contributed by atoms with Gasteiger partial charge in [0.1, 0.15) is 0 Å². The van der Waals surface area contributed by atoms with Gasteiger partial charge in [-0.1, -0.05) is 12.8 Å². The van der Waals surface area contributed by atoms with Crippen molar-refractivity contribution < 1.29 is 8.42 Å². The van der Waals surface area contributed by atoms with Crippen LogP contribution >= 0.6 is 11.8 Å². The van der Waals surface area contributed by atoms with Crippen molar-refractivity contribution in [1.82, 2.24) is 0 Å². The van der Waals surface area contributed by atoms with E-state index in [2.05, 4.69) is 11.6 Å². The SMILES string of the molecule is CSC1(CNc2ccc(S(C)(=O)=O)cc2)CCCC1. The van der Waals surface area contributed by atoms with Gasteiger partial charge in [0.05, 0.1) is 4.90 Å². The maximum Gasteiger partial charge on any atom is 0.175 e. The molecular weight excluding hydrogens is 278 g/mol. The van der Waals surface area contributed by atoms with Crippen LogP contribution in [0.3, 0.4) is 0 Å². The second-order valence-corrected chi connectivity index (χ2v) is 8.53. The van der Waals surface area contributed by atoms with E-state index in [0.29, 0.717) is 9.64 Å². The third kappa shape index (κ3) is 3.66. The number of hydrogen-bond acceptors (Lipinski definition) is 4. The van der Waals surface area contributed by atoms with E-state index in [4.69, 9.17) is 0 Å². The topological polar surface area (TPSA) is 46.2 Å². The molecule has 1 saturated carbocycles. The molecule has 1 aromatic rings. The predicted molar refractivity (Wildman–Crippen MR) is 82.8 cm³/mol. The van der Waals surface area contributed by atoms with Gasteiger partial charge in [-0.15, -0.1) is 0 Å². The molecule has 0 heterocycles. The normalized spacial score (nSPS) is 18.4. The second-order valence-electron chi connectivity index (χ2n) is 5.24. The van der Waals surface area contributed by atoms with Crippen molar-refractivity contribution in [2.75, 3.05) is 24.4 Å². The Morgan fingerprint density at radius 3 is 2.26 bits per heavy atom. The summed E-state index contributed by atoms with van der Waals surface area (Å²) in [6, 6.07) is 7.02. The molecule has 2 rings (SSSR count). The Bertz CT molecular complexity index is 517. The molecule has 0 aromatic heterocycles. The van der Waals surface area contributed by atoms with E-state index in [1.165, 1.54) is 31.9 Å². The van der Waals surface area contributed by atoms with E-state index >= 15 is 0 Å². The summed E-state index contributed by atoms with van der Waals surface area (Å²) >= 11 is 1.95. The Morgan fingerprint density at radius 2 is 1.79 bits per heavy atom. The summed E-state index contributed by atoms with van der Waals surface area (Å²) in [5, 5.41) is 3.44. The lowest BCUT2D eigenvalue weighted by molar-refractivity contribution is 0.602. The molecule has 5 heteroatoms. The minimum Gasteiger partial charge on any atom is -0.384 e. The zero-order valence-electron chi connectivity index (χ0n) is 11.5. The zero-order valence-corrected chi connectivity index (χ0v) is 13.1. The third-order valence-electron chi connectivity index (χ3n) is 3.84. The van der Waals surface area contributed by atoms with Crippen LogP contribution in [0.4, 0.5) is 5.69 Å². The number of rotatable bonds is 5. The largest absolute Gasteiger partial charge is 0.384 e. The molecule has 0 amide bonds.